The number of amides is 1. The van der Waals surface area contributed by atoms with Gasteiger partial charge in [0, 0.05) is 12.7 Å². The van der Waals surface area contributed by atoms with Crippen LogP contribution < -0.4 is 19.5 Å². The third kappa shape index (κ3) is 5.89. The van der Waals surface area contributed by atoms with Gasteiger partial charge in [0.15, 0.2) is 22.5 Å². The second-order valence-electron chi connectivity index (χ2n) is 6.68. The molecule has 0 spiro atoms. The van der Waals surface area contributed by atoms with E-state index in [1.54, 1.807) is 64.8 Å². The van der Waals surface area contributed by atoms with Crippen molar-refractivity contribution >= 4 is 35.0 Å². The Morgan fingerprint density at radius 1 is 1.06 bits per heavy atom. The molecule has 11 heteroatoms. The van der Waals surface area contributed by atoms with E-state index < -0.39 is 0 Å². The van der Waals surface area contributed by atoms with Crippen LogP contribution in [0.4, 0.5) is 5.69 Å². The van der Waals surface area contributed by atoms with Crippen LogP contribution in [0.1, 0.15) is 0 Å². The third-order valence-corrected chi connectivity index (χ3v) is 5.94. The topological polar surface area (TPSA) is 96.7 Å². The number of hydrogen-bond donors (Lipinski definition) is 1. The Labute approximate surface area is 201 Å². The molecular formula is C22H25ClN4O5S. The summed E-state index contributed by atoms with van der Waals surface area (Å²) in [7, 11) is 6.27. The van der Waals surface area contributed by atoms with Crippen LogP contribution in [0.5, 0.6) is 17.2 Å². The van der Waals surface area contributed by atoms with E-state index >= 15 is 0 Å². The monoisotopic (exact) mass is 492 g/mol. The normalized spacial score (nSPS) is 10.7. The van der Waals surface area contributed by atoms with Crippen LogP contribution in [0.25, 0.3) is 11.4 Å². The van der Waals surface area contributed by atoms with E-state index in [2.05, 4.69) is 15.5 Å². The van der Waals surface area contributed by atoms with Crippen molar-refractivity contribution in [2.75, 3.05) is 46.1 Å². The molecule has 0 fully saturated rings. The molecular weight excluding hydrogens is 468 g/mol. The number of ether oxygens (including phenoxy) is 4. The van der Waals surface area contributed by atoms with E-state index in [-0.39, 0.29) is 11.7 Å². The Kier molecular flexibility index (Phi) is 8.81. The fourth-order valence-corrected chi connectivity index (χ4v) is 4.03. The number of nitrogens with one attached hydrogen (secondary N) is 1. The second-order valence-corrected chi connectivity index (χ2v) is 8.03. The van der Waals surface area contributed by atoms with Crippen molar-refractivity contribution in [3.05, 3.63) is 41.4 Å². The highest BCUT2D eigenvalue weighted by Gasteiger charge is 2.20. The maximum Gasteiger partial charge on any atom is 0.234 e. The second kappa shape index (κ2) is 11.8. The van der Waals surface area contributed by atoms with E-state index in [9.17, 15) is 4.79 Å². The number of methoxy groups -OCH3 is 4. The SMILES string of the molecule is COCCn1c(SCC(=O)Nc2ccccc2Cl)nnc1-c1cc(OC)c(OC)c(OC)c1. The lowest BCUT2D eigenvalue weighted by Gasteiger charge is -2.15. The smallest absolute Gasteiger partial charge is 0.234 e. The fourth-order valence-electron chi connectivity index (χ4n) is 3.08. The Balaban J connectivity index is 1.86. The number of para-hydroxylation sites is 1. The maximum absolute atomic E-state index is 12.5. The Morgan fingerprint density at radius 2 is 1.76 bits per heavy atom. The Bertz CT molecular complexity index is 1080. The molecule has 9 nitrogen and oxygen atoms in total. The molecule has 176 valence electrons. The molecule has 0 aliphatic heterocycles. The molecule has 0 bridgehead atoms. The van der Waals surface area contributed by atoms with Crippen LogP contribution in [0.2, 0.25) is 5.02 Å². The zero-order valence-electron chi connectivity index (χ0n) is 18.8. The van der Waals surface area contributed by atoms with Gasteiger partial charge in [-0.1, -0.05) is 35.5 Å². The summed E-state index contributed by atoms with van der Waals surface area (Å²) in [5.74, 6) is 2.00. The van der Waals surface area contributed by atoms with Crippen LogP contribution >= 0.6 is 23.4 Å². The van der Waals surface area contributed by atoms with Gasteiger partial charge in [-0.25, -0.2) is 0 Å². The average molecular weight is 493 g/mol. The van der Waals surface area contributed by atoms with Gasteiger partial charge in [-0.2, -0.15) is 0 Å². The minimum Gasteiger partial charge on any atom is -0.493 e. The zero-order chi connectivity index (χ0) is 23.8. The Hall–Kier alpha value is -2.95. The van der Waals surface area contributed by atoms with Gasteiger partial charge in [-0.05, 0) is 24.3 Å². The van der Waals surface area contributed by atoms with Gasteiger partial charge in [0.1, 0.15) is 0 Å². The first-order valence-electron chi connectivity index (χ1n) is 9.92. The maximum atomic E-state index is 12.5. The van der Waals surface area contributed by atoms with Crippen LogP contribution in [0, 0.1) is 0 Å². The molecule has 0 aliphatic rings. The molecule has 33 heavy (non-hydrogen) atoms. The molecule has 3 aromatic rings. The van der Waals surface area contributed by atoms with Crippen LogP contribution in [-0.4, -0.2) is 61.5 Å². The summed E-state index contributed by atoms with van der Waals surface area (Å²) in [6, 6.07) is 10.7. The highest BCUT2D eigenvalue weighted by Crippen LogP contribution is 2.41. The van der Waals surface area contributed by atoms with Crippen molar-refractivity contribution in [3.8, 4) is 28.6 Å². The van der Waals surface area contributed by atoms with E-state index in [1.165, 1.54) is 11.8 Å². The summed E-state index contributed by atoms with van der Waals surface area (Å²) < 4.78 is 23.5. The summed E-state index contributed by atoms with van der Waals surface area (Å²) in [5, 5.41) is 12.5. The van der Waals surface area contributed by atoms with E-state index in [0.29, 0.717) is 52.1 Å². The van der Waals surface area contributed by atoms with E-state index in [4.69, 9.17) is 30.5 Å². The minimum atomic E-state index is -0.205. The molecule has 0 radical (unpaired) electrons. The number of thioether (sulfide) groups is 1. The van der Waals surface area contributed by atoms with Gasteiger partial charge in [0.2, 0.25) is 11.7 Å². The van der Waals surface area contributed by atoms with Gasteiger partial charge < -0.3 is 24.3 Å². The number of hydrogen-bond acceptors (Lipinski definition) is 8. The number of aromatic nitrogens is 3. The lowest BCUT2D eigenvalue weighted by Crippen LogP contribution is -2.15. The van der Waals surface area contributed by atoms with Crippen molar-refractivity contribution in [2.45, 2.75) is 11.7 Å². The molecule has 1 amide bonds. The predicted molar refractivity (Wildman–Crippen MR) is 128 cm³/mol. The molecule has 0 unspecified atom stereocenters. The Morgan fingerprint density at radius 3 is 2.36 bits per heavy atom. The van der Waals surface area contributed by atoms with Crippen molar-refractivity contribution in [1.82, 2.24) is 14.8 Å². The average Bonchev–Trinajstić information content (AvgIpc) is 3.24. The van der Waals surface area contributed by atoms with Crippen LogP contribution in [-0.2, 0) is 16.1 Å². The number of nitrogens with zero attached hydrogens (tertiary/aromatic N) is 3. The van der Waals surface area contributed by atoms with E-state index in [1.807, 2.05) is 4.57 Å². The largest absolute Gasteiger partial charge is 0.493 e. The number of benzene rings is 2. The lowest BCUT2D eigenvalue weighted by atomic mass is 10.1. The fraction of sp³-hybridized carbons (Fsp3) is 0.318. The quantitative estimate of drug-likeness (QED) is 0.401. The summed E-state index contributed by atoms with van der Waals surface area (Å²) in [6.07, 6.45) is 0. The molecule has 0 saturated heterocycles. The third-order valence-electron chi connectivity index (χ3n) is 4.64. The van der Waals surface area contributed by atoms with Crippen molar-refractivity contribution in [1.29, 1.82) is 0 Å². The number of rotatable bonds is 11. The van der Waals surface area contributed by atoms with Gasteiger partial charge in [-0.3, -0.25) is 9.36 Å². The standard InChI is InChI=1S/C22H25ClN4O5S/c1-29-10-9-27-21(14-11-17(30-2)20(32-4)18(12-14)31-3)25-26-22(27)33-13-19(28)24-16-8-6-5-7-15(16)23/h5-8,11-12H,9-10,13H2,1-4H3,(H,24,28). The number of anilines is 1. The van der Waals surface area contributed by atoms with Gasteiger partial charge in [-0.15, -0.1) is 10.2 Å². The van der Waals surface area contributed by atoms with Crippen LogP contribution in [0.15, 0.2) is 41.6 Å². The molecule has 2 aromatic carbocycles. The molecule has 3 rings (SSSR count). The molecule has 1 N–H and O–H groups in total. The van der Waals surface area contributed by atoms with Gasteiger partial charge >= 0.3 is 0 Å². The predicted octanol–water partition coefficient (Wildman–Crippen LogP) is 4.00. The summed E-state index contributed by atoms with van der Waals surface area (Å²) in [5.41, 5.74) is 1.28. The number of halogens is 1. The number of carbonyl (C=O) groups excluding carboxylic acids is 1. The first-order chi connectivity index (χ1) is 16.0. The summed E-state index contributed by atoms with van der Waals surface area (Å²) in [4.78, 5) is 12.5. The van der Waals surface area contributed by atoms with Gasteiger partial charge in [0.25, 0.3) is 0 Å². The molecule has 0 aliphatic carbocycles. The highest BCUT2D eigenvalue weighted by molar-refractivity contribution is 7.99. The van der Waals surface area contributed by atoms with Crippen LogP contribution in [0.3, 0.4) is 0 Å². The van der Waals surface area contributed by atoms with Crippen molar-refractivity contribution < 1.29 is 23.7 Å². The number of carbonyl (C=O) groups is 1. The minimum absolute atomic E-state index is 0.131. The summed E-state index contributed by atoms with van der Waals surface area (Å²) in [6.45, 7) is 0.929. The highest BCUT2D eigenvalue weighted by atomic mass is 35.5. The zero-order valence-corrected chi connectivity index (χ0v) is 20.3. The summed E-state index contributed by atoms with van der Waals surface area (Å²) >= 11 is 7.38. The van der Waals surface area contributed by atoms with Gasteiger partial charge in [0.05, 0.1) is 50.9 Å². The molecule has 1 aromatic heterocycles. The van der Waals surface area contributed by atoms with Crippen molar-refractivity contribution in [2.24, 2.45) is 0 Å². The lowest BCUT2D eigenvalue weighted by molar-refractivity contribution is -0.113. The molecule has 1 heterocycles. The molecule has 0 saturated carbocycles. The van der Waals surface area contributed by atoms with E-state index in [0.717, 1.165) is 5.56 Å². The van der Waals surface area contributed by atoms with Crippen molar-refractivity contribution in [3.63, 3.8) is 0 Å². The first kappa shape index (κ1) is 24.7. The molecule has 0 atom stereocenters. The first-order valence-corrected chi connectivity index (χ1v) is 11.3.